The maximum Gasteiger partial charge on any atom is 0.294 e. The number of nitrogens with one attached hydrogen (secondary N) is 1. The number of halogens is 2. The lowest BCUT2D eigenvalue weighted by Gasteiger charge is -2.14. The Morgan fingerprint density at radius 1 is 1.18 bits per heavy atom. The zero-order valence-electron chi connectivity index (χ0n) is 18.9. The van der Waals surface area contributed by atoms with Gasteiger partial charge in [0.1, 0.15) is 12.4 Å². The highest BCUT2D eigenvalue weighted by atomic mass is 35.5. The predicted octanol–water partition coefficient (Wildman–Crippen LogP) is 5.59. The van der Waals surface area contributed by atoms with E-state index in [9.17, 15) is 18.8 Å². The van der Waals surface area contributed by atoms with Crippen LogP contribution in [-0.2, 0) is 9.59 Å². The minimum absolute atomic E-state index is 0.154. The van der Waals surface area contributed by atoms with Crippen molar-refractivity contribution < 1.29 is 28.2 Å². The van der Waals surface area contributed by atoms with Crippen molar-refractivity contribution in [2.75, 3.05) is 25.1 Å². The first-order chi connectivity index (χ1) is 16.2. The summed E-state index contributed by atoms with van der Waals surface area (Å²) in [6.45, 7) is 6.43. The van der Waals surface area contributed by atoms with E-state index in [1.807, 2.05) is 20.8 Å². The molecule has 2 aromatic carbocycles. The first-order valence-corrected chi connectivity index (χ1v) is 11.8. The highest BCUT2D eigenvalue weighted by Crippen LogP contribution is 2.35. The van der Waals surface area contributed by atoms with Crippen LogP contribution in [0.5, 0.6) is 11.5 Å². The Morgan fingerprint density at radius 3 is 2.62 bits per heavy atom. The van der Waals surface area contributed by atoms with Crippen molar-refractivity contribution in [1.29, 1.82) is 0 Å². The molecule has 1 heterocycles. The van der Waals surface area contributed by atoms with Crippen LogP contribution in [0.3, 0.4) is 0 Å². The number of carbonyl (C=O) groups excluding carboxylic acids is 3. The number of nitrogens with zero attached hydrogens (tertiary/aromatic N) is 1. The van der Waals surface area contributed by atoms with Gasteiger partial charge in [-0.1, -0.05) is 31.5 Å². The Hall–Kier alpha value is -3.04. The Bertz CT molecular complexity index is 1140. The van der Waals surface area contributed by atoms with E-state index in [1.54, 1.807) is 24.3 Å². The topological polar surface area (TPSA) is 84.9 Å². The van der Waals surface area contributed by atoms with Crippen LogP contribution in [-0.4, -0.2) is 41.7 Å². The van der Waals surface area contributed by atoms with Gasteiger partial charge in [-0.25, -0.2) is 4.39 Å². The summed E-state index contributed by atoms with van der Waals surface area (Å²) in [4.78, 5) is 38.5. The van der Waals surface area contributed by atoms with Gasteiger partial charge in [0.2, 0.25) is 5.91 Å². The summed E-state index contributed by atoms with van der Waals surface area (Å²) < 4.78 is 24.7. The summed E-state index contributed by atoms with van der Waals surface area (Å²) in [5.74, 6) is -0.343. The number of thioether (sulfide) groups is 1. The lowest BCUT2D eigenvalue weighted by Crippen LogP contribution is -2.36. The lowest BCUT2D eigenvalue weighted by atomic mass is 10.1. The highest BCUT2D eigenvalue weighted by Gasteiger charge is 2.36. The average Bonchev–Trinajstić information content (AvgIpc) is 3.03. The van der Waals surface area contributed by atoms with Crippen LogP contribution in [0.1, 0.15) is 26.3 Å². The first kappa shape index (κ1) is 25.6. The minimum atomic E-state index is -0.622. The number of hydrogen-bond acceptors (Lipinski definition) is 6. The molecule has 1 fully saturated rings. The van der Waals surface area contributed by atoms with Gasteiger partial charge in [-0.3, -0.25) is 19.3 Å². The van der Waals surface area contributed by atoms with Gasteiger partial charge in [-0.15, -0.1) is 0 Å². The van der Waals surface area contributed by atoms with Crippen molar-refractivity contribution in [3.05, 3.63) is 57.7 Å². The van der Waals surface area contributed by atoms with E-state index in [4.69, 9.17) is 21.1 Å². The number of benzene rings is 2. The van der Waals surface area contributed by atoms with Gasteiger partial charge in [-0.05, 0) is 66.6 Å². The van der Waals surface area contributed by atoms with Gasteiger partial charge in [-0.2, -0.15) is 0 Å². The average molecular weight is 507 g/mol. The highest BCUT2D eigenvalue weighted by molar-refractivity contribution is 8.18. The molecule has 1 N–H and O–H groups in total. The largest absolute Gasteiger partial charge is 0.490 e. The molecule has 1 saturated heterocycles. The van der Waals surface area contributed by atoms with E-state index in [0.29, 0.717) is 36.2 Å². The molecule has 3 rings (SSSR count). The number of carbonyl (C=O) groups is 3. The third-order valence-corrected chi connectivity index (χ3v) is 5.71. The van der Waals surface area contributed by atoms with E-state index in [2.05, 4.69) is 5.32 Å². The molecule has 2 aromatic rings. The van der Waals surface area contributed by atoms with Gasteiger partial charge >= 0.3 is 0 Å². The van der Waals surface area contributed by atoms with Crippen molar-refractivity contribution in [2.45, 2.75) is 20.8 Å². The molecule has 0 spiro atoms. The second-order valence-corrected chi connectivity index (χ2v) is 9.19. The SMILES string of the molecule is CCOc1cc(/C=C2\SC(=O)N(CC(=O)Nc3ccc(F)c(Cl)c3)C2=O)ccc1OCC(C)C. The molecule has 180 valence electrons. The monoisotopic (exact) mass is 506 g/mol. The molecule has 7 nitrogen and oxygen atoms in total. The fourth-order valence-electron chi connectivity index (χ4n) is 2.96. The standard InChI is InChI=1S/C24H24ClFN2O5S/c1-4-32-20-9-15(5-8-19(20)33-13-14(2)3)10-21-23(30)28(24(31)34-21)12-22(29)27-16-6-7-18(26)17(25)11-16/h5-11,14H,4,12-13H2,1-3H3,(H,27,29)/b21-10-. The van der Waals surface area contributed by atoms with E-state index >= 15 is 0 Å². The van der Waals surface area contributed by atoms with Crippen LogP contribution < -0.4 is 14.8 Å². The Labute approximate surface area is 206 Å². The van der Waals surface area contributed by atoms with Crippen LogP contribution in [0.4, 0.5) is 14.9 Å². The smallest absolute Gasteiger partial charge is 0.294 e. The second kappa shape index (κ2) is 11.4. The Morgan fingerprint density at radius 2 is 1.94 bits per heavy atom. The number of hydrogen-bond donors (Lipinski definition) is 1. The van der Waals surface area contributed by atoms with Gasteiger partial charge in [0.05, 0.1) is 23.1 Å². The van der Waals surface area contributed by atoms with Crippen LogP contribution >= 0.6 is 23.4 Å². The maximum absolute atomic E-state index is 13.3. The Balaban J connectivity index is 1.71. The van der Waals surface area contributed by atoms with Crippen LogP contribution in [0.15, 0.2) is 41.3 Å². The zero-order chi connectivity index (χ0) is 24.8. The van der Waals surface area contributed by atoms with E-state index in [-0.39, 0.29) is 15.6 Å². The molecule has 0 saturated carbocycles. The van der Waals surface area contributed by atoms with Crippen LogP contribution in [0, 0.1) is 11.7 Å². The normalized spacial score (nSPS) is 14.8. The number of imide groups is 1. The summed E-state index contributed by atoms with van der Waals surface area (Å²) in [6.07, 6.45) is 1.57. The van der Waals surface area contributed by atoms with Crippen LogP contribution in [0.2, 0.25) is 5.02 Å². The third-order valence-electron chi connectivity index (χ3n) is 4.52. The predicted molar refractivity (Wildman–Crippen MR) is 131 cm³/mol. The fraction of sp³-hybridized carbons (Fsp3) is 0.292. The summed E-state index contributed by atoms with van der Waals surface area (Å²) in [5.41, 5.74) is 0.901. The Kier molecular flexibility index (Phi) is 8.57. The zero-order valence-corrected chi connectivity index (χ0v) is 20.5. The number of anilines is 1. The van der Waals surface area contributed by atoms with Crippen molar-refractivity contribution in [2.24, 2.45) is 5.92 Å². The third kappa shape index (κ3) is 6.51. The minimum Gasteiger partial charge on any atom is -0.490 e. The number of ether oxygens (including phenoxy) is 2. The molecule has 0 bridgehead atoms. The molecule has 0 aliphatic carbocycles. The summed E-state index contributed by atoms with van der Waals surface area (Å²) in [6, 6.07) is 8.93. The summed E-state index contributed by atoms with van der Waals surface area (Å²) in [7, 11) is 0. The van der Waals surface area contributed by atoms with Crippen molar-refractivity contribution in [1.82, 2.24) is 4.90 Å². The molecule has 0 unspecified atom stereocenters. The summed E-state index contributed by atoms with van der Waals surface area (Å²) >= 11 is 6.45. The van der Waals surface area contributed by atoms with E-state index in [1.165, 1.54) is 12.1 Å². The maximum atomic E-state index is 13.3. The summed E-state index contributed by atoms with van der Waals surface area (Å²) in [5, 5.41) is 1.78. The molecule has 0 aromatic heterocycles. The number of rotatable bonds is 9. The van der Waals surface area contributed by atoms with Crippen molar-refractivity contribution >= 4 is 52.2 Å². The van der Waals surface area contributed by atoms with Crippen LogP contribution in [0.25, 0.3) is 6.08 Å². The van der Waals surface area contributed by atoms with E-state index < -0.39 is 29.4 Å². The molecular formula is C24H24ClFN2O5S. The first-order valence-electron chi connectivity index (χ1n) is 10.6. The quantitative estimate of drug-likeness (QED) is 0.446. The number of amides is 3. The van der Waals surface area contributed by atoms with Gasteiger partial charge in [0, 0.05) is 5.69 Å². The molecule has 3 amide bonds. The van der Waals surface area contributed by atoms with Gasteiger partial charge in [0.25, 0.3) is 11.1 Å². The van der Waals surface area contributed by atoms with Gasteiger partial charge < -0.3 is 14.8 Å². The molecule has 1 aliphatic heterocycles. The molecule has 0 radical (unpaired) electrons. The fourth-order valence-corrected chi connectivity index (χ4v) is 3.98. The molecule has 1 aliphatic rings. The van der Waals surface area contributed by atoms with E-state index in [0.717, 1.165) is 22.7 Å². The van der Waals surface area contributed by atoms with Crippen molar-refractivity contribution in [3.63, 3.8) is 0 Å². The lowest BCUT2D eigenvalue weighted by molar-refractivity contribution is -0.127. The molecule has 0 atom stereocenters. The second-order valence-electron chi connectivity index (χ2n) is 7.79. The molecule has 10 heteroatoms. The molecule has 34 heavy (non-hydrogen) atoms. The molecular weight excluding hydrogens is 483 g/mol. The van der Waals surface area contributed by atoms with Gasteiger partial charge in [0.15, 0.2) is 11.5 Å². The van der Waals surface area contributed by atoms with Crippen molar-refractivity contribution in [3.8, 4) is 11.5 Å².